The van der Waals surface area contributed by atoms with Crippen molar-refractivity contribution in [3.63, 3.8) is 0 Å². The third kappa shape index (κ3) is 5.46. The van der Waals surface area contributed by atoms with Gasteiger partial charge in [0.15, 0.2) is 0 Å². The van der Waals surface area contributed by atoms with Crippen molar-refractivity contribution in [2.75, 3.05) is 31.5 Å². The molecule has 40 heavy (non-hydrogen) atoms. The normalized spacial score (nSPS) is 17.1. The second-order valence-corrected chi connectivity index (χ2v) is 10.3. The van der Waals surface area contributed by atoms with Crippen molar-refractivity contribution in [2.24, 2.45) is 0 Å². The number of amides is 2. The minimum Gasteiger partial charge on any atom is -0.361 e. The average molecular weight is 535 g/mol. The molecule has 0 unspecified atom stereocenters. The number of nitrogens with one attached hydrogen (secondary N) is 1. The van der Waals surface area contributed by atoms with Crippen LogP contribution in [0.25, 0.3) is 0 Å². The number of carbonyl (C=O) groups is 2. The summed E-state index contributed by atoms with van der Waals surface area (Å²) < 4.78 is 13.4. The highest BCUT2D eigenvalue weighted by atomic mass is 19.1. The summed E-state index contributed by atoms with van der Waals surface area (Å²) in [4.78, 5) is 32.5. The monoisotopic (exact) mass is 534 g/mol. The summed E-state index contributed by atoms with van der Waals surface area (Å²) in [5, 5.41) is 3.48. The Labute approximate surface area is 233 Å². The summed E-state index contributed by atoms with van der Waals surface area (Å²) >= 11 is 0. The standard InChI is InChI=1S/C33H31FN4O2/c34-27-14-10-25(11-15-27)23-38-31(29-8-4-5-9-30(29)33(38)40)35-28-16-12-26(13-17-28)32(39)37-20-18-36(19-21-37)22-24-6-2-1-3-7-24/h1-17,31,35H,18-23H2/t31-/m1/s1. The zero-order chi connectivity index (χ0) is 27.5. The van der Waals surface area contributed by atoms with Crippen molar-refractivity contribution in [3.05, 3.63) is 137 Å². The molecule has 0 spiro atoms. The van der Waals surface area contributed by atoms with E-state index in [-0.39, 0.29) is 23.8 Å². The van der Waals surface area contributed by atoms with Crippen LogP contribution in [0.3, 0.4) is 0 Å². The molecule has 0 bridgehead atoms. The van der Waals surface area contributed by atoms with Crippen molar-refractivity contribution in [1.29, 1.82) is 0 Å². The fourth-order valence-corrected chi connectivity index (χ4v) is 5.48. The number of rotatable bonds is 7. The average Bonchev–Trinajstić information content (AvgIpc) is 3.25. The summed E-state index contributed by atoms with van der Waals surface area (Å²) in [5.74, 6) is -0.348. The maximum Gasteiger partial charge on any atom is 0.256 e. The van der Waals surface area contributed by atoms with Gasteiger partial charge in [-0.15, -0.1) is 0 Å². The highest BCUT2D eigenvalue weighted by Gasteiger charge is 2.36. The molecule has 1 fully saturated rings. The molecule has 0 aliphatic carbocycles. The highest BCUT2D eigenvalue weighted by Crippen LogP contribution is 2.35. The van der Waals surface area contributed by atoms with Gasteiger partial charge in [0, 0.05) is 61.6 Å². The lowest BCUT2D eigenvalue weighted by Crippen LogP contribution is -2.48. The van der Waals surface area contributed by atoms with Gasteiger partial charge in [-0.3, -0.25) is 14.5 Å². The van der Waals surface area contributed by atoms with Crippen molar-refractivity contribution in [2.45, 2.75) is 19.3 Å². The number of hydrogen-bond donors (Lipinski definition) is 1. The molecule has 2 aliphatic heterocycles. The molecule has 1 saturated heterocycles. The molecule has 7 heteroatoms. The molecular formula is C33H31FN4O2. The molecule has 2 heterocycles. The number of anilines is 1. The van der Waals surface area contributed by atoms with Gasteiger partial charge in [0.2, 0.25) is 0 Å². The number of benzene rings is 4. The Balaban J connectivity index is 1.11. The molecule has 6 rings (SSSR count). The van der Waals surface area contributed by atoms with E-state index in [9.17, 15) is 14.0 Å². The Morgan fingerprint density at radius 3 is 2.12 bits per heavy atom. The Morgan fingerprint density at radius 2 is 1.40 bits per heavy atom. The second kappa shape index (κ2) is 11.3. The quantitative estimate of drug-likeness (QED) is 0.338. The fourth-order valence-electron chi connectivity index (χ4n) is 5.48. The number of fused-ring (bicyclic) bond motifs is 1. The predicted molar refractivity (Wildman–Crippen MR) is 153 cm³/mol. The maximum absolute atomic E-state index is 13.4. The number of piperazine rings is 1. The molecule has 4 aromatic rings. The van der Waals surface area contributed by atoms with Gasteiger partial charge in [0.25, 0.3) is 11.8 Å². The first-order valence-corrected chi connectivity index (χ1v) is 13.6. The van der Waals surface area contributed by atoms with Crippen LogP contribution >= 0.6 is 0 Å². The van der Waals surface area contributed by atoms with Crippen molar-refractivity contribution >= 4 is 17.5 Å². The summed E-state index contributed by atoms with van der Waals surface area (Å²) in [6.07, 6.45) is -0.381. The van der Waals surface area contributed by atoms with Crippen LogP contribution in [-0.4, -0.2) is 52.7 Å². The van der Waals surface area contributed by atoms with Gasteiger partial charge < -0.3 is 15.1 Å². The molecule has 0 saturated carbocycles. The summed E-state index contributed by atoms with van der Waals surface area (Å²) in [6, 6.07) is 31.6. The predicted octanol–water partition coefficient (Wildman–Crippen LogP) is 5.55. The largest absolute Gasteiger partial charge is 0.361 e. The zero-order valence-electron chi connectivity index (χ0n) is 22.2. The summed E-state index contributed by atoms with van der Waals surface area (Å²) in [6.45, 7) is 4.33. The van der Waals surface area contributed by atoms with Gasteiger partial charge >= 0.3 is 0 Å². The van der Waals surface area contributed by atoms with E-state index in [0.29, 0.717) is 30.8 Å². The van der Waals surface area contributed by atoms with Crippen molar-refractivity contribution in [1.82, 2.24) is 14.7 Å². The van der Waals surface area contributed by atoms with E-state index in [1.54, 1.807) is 17.0 Å². The number of carbonyl (C=O) groups excluding carboxylic acids is 2. The minimum atomic E-state index is -0.381. The van der Waals surface area contributed by atoms with E-state index in [1.807, 2.05) is 59.5 Å². The van der Waals surface area contributed by atoms with Gasteiger partial charge in [0.05, 0.1) is 0 Å². The fraction of sp³-hybridized carbons (Fsp3) is 0.212. The smallest absolute Gasteiger partial charge is 0.256 e. The van der Waals surface area contributed by atoms with Crippen molar-refractivity contribution < 1.29 is 14.0 Å². The molecular weight excluding hydrogens is 503 g/mol. The number of nitrogens with zero attached hydrogens (tertiary/aromatic N) is 3. The molecule has 1 atom stereocenters. The summed E-state index contributed by atoms with van der Waals surface area (Å²) in [5.41, 5.74) is 5.13. The molecule has 202 valence electrons. The molecule has 2 amide bonds. The topological polar surface area (TPSA) is 55.9 Å². The highest BCUT2D eigenvalue weighted by molar-refractivity contribution is 5.99. The van der Waals surface area contributed by atoms with E-state index in [4.69, 9.17) is 0 Å². The van der Waals surface area contributed by atoms with E-state index in [0.717, 1.165) is 36.4 Å². The molecule has 6 nitrogen and oxygen atoms in total. The van der Waals surface area contributed by atoms with Crippen LogP contribution in [0.15, 0.2) is 103 Å². The second-order valence-electron chi connectivity index (χ2n) is 10.3. The van der Waals surface area contributed by atoms with Crippen LogP contribution in [0.2, 0.25) is 0 Å². The van der Waals surface area contributed by atoms with Crippen LogP contribution in [-0.2, 0) is 13.1 Å². The third-order valence-corrected chi connectivity index (χ3v) is 7.67. The molecule has 0 radical (unpaired) electrons. The Bertz CT molecular complexity index is 1480. The third-order valence-electron chi connectivity index (χ3n) is 7.67. The van der Waals surface area contributed by atoms with E-state index in [2.05, 4.69) is 34.5 Å². The first kappa shape index (κ1) is 25.8. The van der Waals surface area contributed by atoms with Crippen molar-refractivity contribution in [3.8, 4) is 0 Å². The van der Waals surface area contributed by atoms with Crippen LogP contribution in [0.4, 0.5) is 10.1 Å². The summed E-state index contributed by atoms with van der Waals surface area (Å²) in [7, 11) is 0. The van der Waals surface area contributed by atoms with Gasteiger partial charge in [-0.25, -0.2) is 4.39 Å². The number of hydrogen-bond acceptors (Lipinski definition) is 4. The minimum absolute atomic E-state index is 0.0326. The van der Waals surface area contributed by atoms with Gasteiger partial charge in [-0.2, -0.15) is 0 Å². The van der Waals surface area contributed by atoms with E-state index < -0.39 is 0 Å². The molecule has 4 aromatic carbocycles. The maximum atomic E-state index is 13.4. The lowest BCUT2D eigenvalue weighted by Gasteiger charge is -2.34. The van der Waals surface area contributed by atoms with Gasteiger partial charge in [-0.05, 0) is 53.6 Å². The molecule has 0 aromatic heterocycles. The van der Waals surface area contributed by atoms with E-state index >= 15 is 0 Å². The first-order chi connectivity index (χ1) is 19.5. The lowest BCUT2D eigenvalue weighted by atomic mass is 10.1. The van der Waals surface area contributed by atoms with Gasteiger partial charge in [0.1, 0.15) is 12.0 Å². The number of halogens is 1. The zero-order valence-corrected chi connectivity index (χ0v) is 22.2. The Kier molecular flexibility index (Phi) is 7.29. The lowest BCUT2D eigenvalue weighted by molar-refractivity contribution is 0.0628. The Morgan fingerprint density at radius 1 is 0.750 bits per heavy atom. The molecule has 1 N–H and O–H groups in total. The molecule has 2 aliphatic rings. The first-order valence-electron chi connectivity index (χ1n) is 13.6. The van der Waals surface area contributed by atoms with Crippen LogP contribution in [0, 0.1) is 5.82 Å². The SMILES string of the molecule is O=C(c1ccc(N[C@H]2c3ccccc3C(=O)N2Cc2ccc(F)cc2)cc1)N1CCN(Cc2ccccc2)CC1. The Hall–Kier alpha value is -4.49. The van der Waals surface area contributed by atoms with Crippen LogP contribution in [0.5, 0.6) is 0 Å². The van der Waals surface area contributed by atoms with Crippen LogP contribution < -0.4 is 5.32 Å². The van der Waals surface area contributed by atoms with E-state index in [1.165, 1.54) is 17.7 Å². The van der Waals surface area contributed by atoms with Crippen LogP contribution in [0.1, 0.15) is 43.6 Å². The van der Waals surface area contributed by atoms with Gasteiger partial charge in [-0.1, -0.05) is 60.7 Å².